The molecule has 0 unspecified atom stereocenters. The van der Waals surface area contributed by atoms with Crippen molar-refractivity contribution in [2.24, 2.45) is 5.73 Å². The van der Waals surface area contributed by atoms with Crippen LogP contribution in [0, 0.1) is 11.3 Å². The number of nitrogens with zero attached hydrogens (tertiary/aromatic N) is 2. The summed E-state index contributed by atoms with van der Waals surface area (Å²) in [6.07, 6.45) is 3.45. The fourth-order valence-electron chi connectivity index (χ4n) is 1.43. The molecule has 0 saturated heterocycles. The number of rotatable bonds is 2. The third kappa shape index (κ3) is 1.68. The van der Waals surface area contributed by atoms with Gasteiger partial charge in [-0.1, -0.05) is 0 Å². The molecule has 0 atom stereocenters. The zero-order chi connectivity index (χ0) is 9.97. The molecule has 1 heterocycles. The highest BCUT2D eigenvalue weighted by molar-refractivity contribution is 5.37. The monoisotopic (exact) mass is 189 g/mol. The summed E-state index contributed by atoms with van der Waals surface area (Å²) in [5, 5.41) is 8.78. The Hall–Kier alpha value is -1.60. The van der Waals surface area contributed by atoms with Gasteiger partial charge < -0.3 is 10.5 Å². The van der Waals surface area contributed by atoms with Crippen molar-refractivity contribution in [2.75, 3.05) is 0 Å². The van der Waals surface area contributed by atoms with Crippen LogP contribution in [0.25, 0.3) is 0 Å². The van der Waals surface area contributed by atoms with Crippen molar-refractivity contribution in [3.05, 3.63) is 23.9 Å². The number of nitriles is 1. The minimum Gasteiger partial charge on any atom is -0.473 e. The van der Waals surface area contributed by atoms with Crippen LogP contribution in [0.5, 0.6) is 5.88 Å². The molecule has 1 aliphatic rings. The zero-order valence-corrected chi connectivity index (χ0v) is 7.68. The van der Waals surface area contributed by atoms with E-state index in [9.17, 15) is 0 Å². The number of aromatic nitrogens is 1. The highest BCUT2D eigenvalue weighted by Crippen LogP contribution is 2.24. The molecule has 0 radical (unpaired) electrons. The summed E-state index contributed by atoms with van der Waals surface area (Å²) < 4.78 is 5.53. The molecule has 1 aromatic heterocycles. The molecule has 1 fully saturated rings. The van der Waals surface area contributed by atoms with Crippen molar-refractivity contribution in [2.45, 2.75) is 25.0 Å². The van der Waals surface area contributed by atoms with Crippen molar-refractivity contribution < 1.29 is 4.74 Å². The Morgan fingerprint density at radius 3 is 3.00 bits per heavy atom. The van der Waals surface area contributed by atoms with E-state index in [1.165, 1.54) is 0 Å². The first-order valence-corrected chi connectivity index (χ1v) is 4.57. The van der Waals surface area contributed by atoms with Gasteiger partial charge in [0.1, 0.15) is 17.7 Å². The maximum Gasteiger partial charge on any atom is 0.231 e. The molecule has 0 amide bonds. The maximum absolute atomic E-state index is 8.78. The Bertz CT molecular complexity index is 366. The fourth-order valence-corrected chi connectivity index (χ4v) is 1.43. The smallest absolute Gasteiger partial charge is 0.231 e. The molecule has 2 N–H and O–H groups in total. The van der Waals surface area contributed by atoms with Gasteiger partial charge in [-0.3, -0.25) is 0 Å². The van der Waals surface area contributed by atoms with Gasteiger partial charge in [0.25, 0.3) is 0 Å². The number of ether oxygens (including phenoxy) is 1. The lowest BCUT2D eigenvalue weighted by atomic mass is 9.90. The Kier molecular flexibility index (Phi) is 2.33. The van der Waals surface area contributed by atoms with Crippen LogP contribution in [0.2, 0.25) is 0 Å². The lowest BCUT2D eigenvalue weighted by Gasteiger charge is -2.32. The quantitative estimate of drug-likeness (QED) is 0.747. The summed E-state index contributed by atoms with van der Waals surface area (Å²) >= 11 is 0. The number of nitrogens with two attached hydrogens (primary N) is 1. The molecule has 0 spiro atoms. The average Bonchev–Trinajstić information content (AvgIpc) is 2.16. The summed E-state index contributed by atoms with van der Waals surface area (Å²) in [6.45, 7) is 0. The van der Waals surface area contributed by atoms with E-state index in [2.05, 4.69) is 4.98 Å². The van der Waals surface area contributed by atoms with Crippen LogP contribution in [-0.4, -0.2) is 17.1 Å². The molecule has 1 saturated carbocycles. The highest BCUT2D eigenvalue weighted by atomic mass is 16.5. The van der Waals surface area contributed by atoms with E-state index in [0.29, 0.717) is 11.4 Å². The number of hydrogen-bond donors (Lipinski definition) is 1. The largest absolute Gasteiger partial charge is 0.473 e. The summed E-state index contributed by atoms with van der Waals surface area (Å²) in [5.41, 5.74) is 6.11. The van der Waals surface area contributed by atoms with Crippen LogP contribution in [0.15, 0.2) is 18.3 Å². The van der Waals surface area contributed by atoms with E-state index >= 15 is 0 Å². The van der Waals surface area contributed by atoms with Crippen LogP contribution in [0.1, 0.15) is 18.4 Å². The Morgan fingerprint density at radius 2 is 2.36 bits per heavy atom. The molecule has 4 heteroatoms. The maximum atomic E-state index is 8.78. The van der Waals surface area contributed by atoms with Crippen LogP contribution >= 0.6 is 0 Å². The predicted molar refractivity (Wildman–Crippen MR) is 50.6 cm³/mol. The first-order chi connectivity index (χ1) is 6.79. The SMILES string of the molecule is N#Cc1cccnc1OC1CC(N)C1. The minimum absolute atomic E-state index is 0.131. The van der Waals surface area contributed by atoms with Gasteiger partial charge in [0, 0.05) is 12.2 Å². The van der Waals surface area contributed by atoms with Crippen molar-refractivity contribution in [3.8, 4) is 11.9 Å². The van der Waals surface area contributed by atoms with Crippen LogP contribution in [0.3, 0.4) is 0 Å². The first kappa shape index (κ1) is 8.97. The van der Waals surface area contributed by atoms with Gasteiger partial charge in [-0.2, -0.15) is 5.26 Å². The Labute approximate surface area is 82.3 Å². The average molecular weight is 189 g/mol. The lowest BCUT2D eigenvalue weighted by molar-refractivity contribution is 0.0955. The minimum atomic E-state index is 0.131. The van der Waals surface area contributed by atoms with Crippen LogP contribution < -0.4 is 10.5 Å². The molecular weight excluding hydrogens is 178 g/mol. The zero-order valence-electron chi connectivity index (χ0n) is 7.68. The van der Waals surface area contributed by atoms with E-state index in [1.54, 1.807) is 18.3 Å². The Morgan fingerprint density at radius 1 is 1.57 bits per heavy atom. The Balaban J connectivity index is 2.06. The highest BCUT2D eigenvalue weighted by Gasteiger charge is 2.28. The second-order valence-electron chi connectivity index (χ2n) is 3.44. The summed E-state index contributed by atoms with van der Waals surface area (Å²) in [7, 11) is 0. The van der Waals surface area contributed by atoms with Gasteiger partial charge >= 0.3 is 0 Å². The van der Waals surface area contributed by atoms with Gasteiger partial charge in [0.05, 0.1) is 0 Å². The molecule has 0 bridgehead atoms. The molecule has 0 aromatic carbocycles. The van der Waals surface area contributed by atoms with Crippen LogP contribution in [0.4, 0.5) is 0 Å². The van der Waals surface area contributed by atoms with E-state index < -0.39 is 0 Å². The molecule has 2 rings (SSSR count). The molecule has 14 heavy (non-hydrogen) atoms. The van der Waals surface area contributed by atoms with Crippen LogP contribution in [-0.2, 0) is 0 Å². The summed E-state index contributed by atoms with van der Waals surface area (Å²) in [6, 6.07) is 5.70. The van der Waals surface area contributed by atoms with Gasteiger partial charge in [-0.15, -0.1) is 0 Å². The second kappa shape index (κ2) is 3.64. The predicted octanol–water partition coefficient (Wildman–Crippen LogP) is 0.822. The van der Waals surface area contributed by atoms with Gasteiger partial charge in [-0.05, 0) is 25.0 Å². The van der Waals surface area contributed by atoms with Gasteiger partial charge in [0.2, 0.25) is 5.88 Å². The molecule has 1 aromatic rings. The topological polar surface area (TPSA) is 71.9 Å². The normalized spacial score (nSPS) is 24.9. The third-order valence-corrected chi connectivity index (χ3v) is 2.30. The molecular formula is C10H11N3O. The van der Waals surface area contributed by atoms with Crippen molar-refractivity contribution >= 4 is 0 Å². The number of hydrogen-bond acceptors (Lipinski definition) is 4. The number of pyridine rings is 1. The van der Waals surface area contributed by atoms with Gasteiger partial charge in [-0.25, -0.2) is 4.98 Å². The molecule has 4 nitrogen and oxygen atoms in total. The van der Waals surface area contributed by atoms with E-state index in [0.717, 1.165) is 12.8 Å². The molecule has 0 aliphatic heterocycles. The van der Waals surface area contributed by atoms with E-state index in [1.807, 2.05) is 6.07 Å². The lowest BCUT2D eigenvalue weighted by Crippen LogP contribution is -2.43. The third-order valence-electron chi connectivity index (χ3n) is 2.30. The van der Waals surface area contributed by atoms with E-state index in [-0.39, 0.29) is 12.1 Å². The van der Waals surface area contributed by atoms with Gasteiger partial charge in [0.15, 0.2) is 0 Å². The van der Waals surface area contributed by atoms with Crippen molar-refractivity contribution in [1.82, 2.24) is 4.98 Å². The van der Waals surface area contributed by atoms with Crippen molar-refractivity contribution in [1.29, 1.82) is 5.26 Å². The standard InChI is InChI=1S/C10H11N3O/c11-6-7-2-1-3-13-10(7)14-9-4-8(12)5-9/h1-3,8-9H,4-5,12H2. The first-order valence-electron chi connectivity index (χ1n) is 4.57. The molecule has 72 valence electrons. The second-order valence-corrected chi connectivity index (χ2v) is 3.44. The van der Waals surface area contributed by atoms with Crippen molar-refractivity contribution in [3.63, 3.8) is 0 Å². The molecule has 1 aliphatic carbocycles. The summed E-state index contributed by atoms with van der Waals surface area (Å²) in [5.74, 6) is 0.423. The summed E-state index contributed by atoms with van der Waals surface area (Å²) in [4.78, 5) is 4.01. The van der Waals surface area contributed by atoms with E-state index in [4.69, 9.17) is 15.7 Å². The fraction of sp³-hybridized carbons (Fsp3) is 0.400.